The molecule has 0 saturated heterocycles. The molecular formula is C26H35N2+. The summed E-state index contributed by atoms with van der Waals surface area (Å²) < 4.78 is 28.8. The Labute approximate surface area is 175 Å². The molecule has 0 saturated carbocycles. The number of hydrogen-bond donors (Lipinski definition) is 0. The minimum atomic E-state index is -2.19. The fourth-order valence-electron chi connectivity index (χ4n) is 4.29. The largest absolute Gasteiger partial charge is 0.272 e. The average molecular weight is 379 g/mol. The van der Waals surface area contributed by atoms with Gasteiger partial charge in [-0.3, -0.25) is 0 Å². The average Bonchev–Trinajstić information content (AvgIpc) is 3.13. The molecule has 0 amide bonds. The van der Waals surface area contributed by atoms with Crippen molar-refractivity contribution in [2.45, 2.75) is 72.7 Å². The van der Waals surface area contributed by atoms with Crippen molar-refractivity contribution in [2.75, 3.05) is 0 Å². The zero-order chi connectivity index (χ0) is 23.1. The Balaban J connectivity index is 2.39. The van der Waals surface area contributed by atoms with Gasteiger partial charge < -0.3 is 0 Å². The van der Waals surface area contributed by atoms with Gasteiger partial charge in [-0.2, -0.15) is 4.57 Å². The van der Waals surface area contributed by atoms with E-state index in [9.17, 15) is 0 Å². The molecule has 0 radical (unpaired) electrons. The monoisotopic (exact) mass is 378 g/mol. The highest BCUT2D eigenvalue weighted by molar-refractivity contribution is 5.49. The minimum Gasteiger partial charge on any atom is -0.231 e. The third-order valence-corrected chi connectivity index (χ3v) is 5.70. The predicted molar refractivity (Wildman–Crippen MR) is 118 cm³/mol. The predicted octanol–water partition coefficient (Wildman–Crippen LogP) is 6.41. The third-order valence-electron chi connectivity index (χ3n) is 5.70. The number of para-hydroxylation sites is 1. The fraction of sp³-hybridized carbons (Fsp3) is 0.423. The smallest absolute Gasteiger partial charge is 0.231 e. The minimum absolute atomic E-state index is 0.238. The molecule has 0 bridgehead atoms. The van der Waals surface area contributed by atoms with Crippen LogP contribution in [0, 0.1) is 13.8 Å². The van der Waals surface area contributed by atoms with Gasteiger partial charge in [0.15, 0.2) is 0 Å². The highest BCUT2D eigenvalue weighted by atomic mass is 15.2. The van der Waals surface area contributed by atoms with E-state index in [1.807, 2.05) is 25.3 Å². The Morgan fingerprint density at radius 2 is 1.64 bits per heavy atom. The molecule has 0 fully saturated rings. The summed E-state index contributed by atoms with van der Waals surface area (Å²) in [6.07, 6.45) is 4.10. The van der Waals surface area contributed by atoms with Crippen LogP contribution in [0.2, 0.25) is 0 Å². The van der Waals surface area contributed by atoms with Gasteiger partial charge in [-0.1, -0.05) is 56.3 Å². The number of hydrogen-bond acceptors (Lipinski definition) is 0. The molecule has 2 aromatic carbocycles. The van der Waals surface area contributed by atoms with E-state index in [1.165, 1.54) is 11.1 Å². The van der Waals surface area contributed by atoms with Gasteiger partial charge in [0.05, 0.1) is 11.5 Å². The van der Waals surface area contributed by atoms with Crippen LogP contribution in [0.4, 0.5) is 0 Å². The van der Waals surface area contributed by atoms with Gasteiger partial charge in [0, 0.05) is 4.11 Å². The van der Waals surface area contributed by atoms with Crippen LogP contribution in [-0.4, -0.2) is 4.57 Å². The van der Waals surface area contributed by atoms with Gasteiger partial charge in [0.1, 0.15) is 18.1 Å². The molecule has 2 nitrogen and oxygen atoms in total. The summed E-state index contributed by atoms with van der Waals surface area (Å²) in [5.41, 5.74) is 4.33. The Kier molecular flexibility index (Phi) is 4.49. The number of aromatic nitrogens is 2. The van der Waals surface area contributed by atoms with Crippen LogP contribution in [0.5, 0.6) is 0 Å². The molecule has 0 spiro atoms. The number of benzene rings is 2. The number of aryl methyl sites for hydroxylation is 2. The van der Waals surface area contributed by atoms with Crippen molar-refractivity contribution >= 4 is 0 Å². The summed E-state index contributed by atoms with van der Waals surface area (Å²) >= 11 is 0. The number of rotatable bonds is 5. The van der Waals surface area contributed by atoms with E-state index < -0.39 is 6.85 Å². The molecular weight excluding hydrogens is 340 g/mol. The molecule has 1 heterocycles. The summed E-state index contributed by atoms with van der Waals surface area (Å²) in [7, 11) is 0. The zero-order valence-electron chi connectivity index (χ0n) is 21.2. The van der Waals surface area contributed by atoms with Gasteiger partial charge in [-0.15, -0.1) is 0 Å². The maximum atomic E-state index is 8.15. The first kappa shape index (κ1) is 16.6. The van der Waals surface area contributed by atoms with Crippen LogP contribution in [0.3, 0.4) is 0 Å². The van der Waals surface area contributed by atoms with E-state index in [0.29, 0.717) is 11.5 Å². The van der Waals surface area contributed by atoms with Crippen molar-refractivity contribution in [1.29, 1.82) is 0 Å². The highest BCUT2D eigenvalue weighted by Gasteiger charge is 2.39. The van der Waals surface area contributed by atoms with Gasteiger partial charge in [-0.05, 0) is 69.6 Å². The van der Waals surface area contributed by atoms with E-state index in [4.69, 9.17) is 4.11 Å². The summed E-state index contributed by atoms with van der Waals surface area (Å²) in [6.45, 7) is 13.1. The van der Waals surface area contributed by atoms with Gasteiger partial charge >= 0.3 is 0 Å². The SMILES string of the molecule is [2H]C([2H])([2H])c1cccc(C)c1-n1cc[n+](C(C)C)c1C(C)(C)c1ccccc1C(C)C. The fourth-order valence-corrected chi connectivity index (χ4v) is 4.29. The summed E-state index contributed by atoms with van der Waals surface area (Å²) in [5.74, 6) is 1.47. The molecule has 1 aromatic heterocycles. The van der Waals surface area contributed by atoms with Crippen LogP contribution < -0.4 is 4.57 Å². The van der Waals surface area contributed by atoms with E-state index >= 15 is 0 Å². The van der Waals surface area contributed by atoms with E-state index in [1.54, 1.807) is 6.07 Å². The second-order valence-corrected chi connectivity index (χ2v) is 8.83. The Hall–Kier alpha value is -2.35. The lowest BCUT2D eigenvalue weighted by atomic mass is 9.78. The van der Waals surface area contributed by atoms with Crippen molar-refractivity contribution in [3.8, 4) is 5.69 Å². The van der Waals surface area contributed by atoms with Crippen LogP contribution in [-0.2, 0) is 5.41 Å². The molecule has 0 atom stereocenters. The quantitative estimate of drug-likeness (QED) is 0.453. The second kappa shape index (κ2) is 7.58. The van der Waals surface area contributed by atoms with E-state index in [2.05, 4.69) is 81.1 Å². The molecule has 148 valence electrons. The highest BCUT2D eigenvalue weighted by Crippen LogP contribution is 2.37. The van der Waals surface area contributed by atoms with Crippen molar-refractivity contribution in [3.63, 3.8) is 0 Å². The lowest BCUT2D eigenvalue weighted by molar-refractivity contribution is -0.725. The number of imidazole rings is 1. The van der Waals surface area contributed by atoms with Crippen LogP contribution in [0.1, 0.15) is 85.7 Å². The third kappa shape index (κ3) is 3.41. The molecule has 3 aromatic rings. The molecule has 0 aliphatic rings. The van der Waals surface area contributed by atoms with Gasteiger partial charge in [0.25, 0.3) is 5.82 Å². The number of nitrogens with zero attached hydrogens (tertiary/aromatic N) is 2. The first-order valence-corrected chi connectivity index (χ1v) is 10.2. The van der Waals surface area contributed by atoms with Crippen LogP contribution in [0.15, 0.2) is 54.9 Å². The molecule has 2 heteroatoms. The molecule has 0 N–H and O–H groups in total. The first-order chi connectivity index (χ1) is 14.4. The van der Waals surface area contributed by atoms with E-state index in [-0.39, 0.29) is 11.5 Å². The molecule has 0 unspecified atom stereocenters. The van der Waals surface area contributed by atoms with Crippen molar-refractivity contribution < 1.29 is 8.68 Å². The Morgan fingerprint density at radius 1 is 0.964 bits per heavy atom. The zero-order valence-corrected chi connectivity index (χ0v) is 18.2. The van der Waals surface area contributed by atoms with Gasteiger partial charge in [0.2, 0.25) is 0 Å². The molecule has 3 rings (SSSR count). The lowest BCUT2D eigenvalue weighted by Crippen LogP contribution is -2.46. The summed E-state index contributed by atoms with van der Waals surface area (Å²) in [5, 5.41) is 0. The lowest BCUT2D eigenvalue weighted by Gasteiger charge is -2.28. The molecule has 0 aliphatic heterocycles. The molecule has 0 aliphatic carbocycles. The van der Waals surface area contributed by atoms with Crippen LogP contribution >= 0.6 is 0 Å². The van der Waals surface area contributed by atoms with E-state index in [0.717, 1.165) is 17.1 Å². The van der Waals surface area contributed by atoms with Crippen LogP contribution in [0.25, 0.3) is 5.69 Å². The maximum absolute atomic E-state index is 8.15. The van der Waals surface area contributed by atoms with Gasteiger partial charge in [-0.25, -0.2) is 4.57 Å². The Bertz CT molecular complexity index is 1070. The topological polar surface area (TPSA) is 8.81 Å². The molecule has 28 heavy (non-hydrogen) atoms. The maximum Gasteiger partial charge on any atom is 0.272 e. The van der Waals surface area contributed by atoms with Crippen molar-refractivity contribution in [1.82, 2.24) is 4.57 Å². The Morgan fingerprint density at radius 3 is 2.29 bits per heavy atom. The van der Waals surface area contributed by atoms with Crippen molar-refractivity contribution in [2.24, 2.45) is 0 Å². The first-order valence-electron chi connectivity index (χ1n) is 11.7. The summed E-state index contributed by atoms with van der Waals surface area (Å²) in [4.78, 5) is 0. The standard InChI is InChI=1S/C26H35N2/c1-18(2)22-14-9-10-15-23(22)26(7,8)25-27(19(3)4)16-17-28(25)24-20(5)12-11-13-21(24)6/h9-19H,1-8H3/q+1/i5D3. The second-order valence-electron chi connectivity index (χ2n) is 8.83. The normalized spacial score (nSPS) is 14.2. The van der Waals surface area contributed by atoms with Crippen molar-refractivity contribution in [3.05, 3.63) is 82.9 Å². The summed E-state index contributed by atoms with van der Waals surface area (Å²) in [6, 6.07) is 14.4.